The Kier molecular flexibility index (Phi) is 3.58. The largest absolute Gasteiger partial charge is 0.256 e. The van der Waals surface area contributed by atoms with Crippen LogP contribution in [0.4, 0.5) is 0 Å². The molecule has 0 atom stereocenters. The van der Waals surface area contributed by atoms with Crippen LogP contribution in [-0.2, 0) is 25.5 Å². The minimum absolute atomic E-state index is 0. The van der Waals surface area contributed by atoms with Crippen molar-refractivity contribution in [2.75, 3.05) is 0 Å². The summed E-state index contributed by atoms with van der Waals surface area (Å²) in [4.78, 5) is 0. The molecular weight excluding hydrogens is 448 g/mol. The van der Waals surface area contributed by atoms with E-state index in [0.717, 1.165) is 11.0 Å². The predicted molar refractivity (Wildman–Crippen MR) is 87.7 cm³/mol. The van der Waals surface area contributed by atoms with E-state index in [4.69, 9.17) is 5.10 Å². The van der Waals surface area contributed by atoms with Crippen LogP contribution in [0.5, 0.6) is 0 Å². The number of pyridine rings is 1. The molecule has 0 amide bonds. The third-order valence-electron chi connectivity index (χ3n) is 4.02. The molecule has 0 saturated carbocycles. The van der Waals surface area contributed by atoms with Crippen molar-refractivity contribution in [3.05, 3.63) is 60.2 Å². The number of hydrogen-bond donors (Lipinski definition) is 0. The van der Waals surface area contributed by atoms with E-state index in [-0.39, 0.29) is 25.5 Å². The van der Waals surface area contributed by atoms with Crippen LogP contribution < -0.4 is 0 Å². The second kappa shape index (κ2) is 5.19. The number of nitrogens with zero attached hydrogens (tertiary/aromatic N) is 2. The molecule has 22 heavy (non-hydrogen) atoms. The molecular formula is C19H17IrN2-. The van der Waals surface area contributed by atoms with Gasteiger partial charge in [0.05, 0.1) is 11.0 Å². The molecule has 3 heteroatoms. The molecule has 0 unspecified atom stereocenters. The Hall–Kier alpha value is -1.70. The van der Waals surface area contributed by atoms with Crippen molar-refractivity contribution in [2.24, 2.45) is 0 Å². The maximum atomic E-state index is 4.80. The van der Waals surface area contributed by atoms with Gasteiger partial charge in [-0.3, -0.25) is 4.52 Å². The normalized spacial score (nSPS) is 12.0. The summed E-state index contributed by atoms with van der Waals surface area (Å²) in [5.74, 6) is 0. The van der Waals surface area contributed by atoms with Crippen molar-refractivity contribution in [1.29, 1.82) is 0 Å². The number of benzene rings is 2. The molecule has 4 rings (SSSR count). The van der Waals surface area contributed by atoms with Crippen molar-refractivity contribution in [3.63, 3.8) is 0 Å². The van der Waals surface area contributed by atoms with Gasteiger partial charge in [0.1, 0.15) is 0 Å². The Morgan fingerprint density at radius 1 is 1.05 bits per heavy atom. The Morgan fingerprint density at radius 2 is 1.82 bits per heavy atom. The second-order valence-corrected chi connectivity index (χ2v) is 6.56. The van der Waals surface area contributed by atoms with Gasteiger partial charge < -0.3 is 0 Å². The number of para-hydroxylation sites is 1. The molecule has 0 aliphatic carbocycles. The summed E-state index contributed by atoms with van der Waals surface area (Å²) in [6.45, 7) is 6.76. The molecule has 4 aromatic rings. The molecule has 1 radical (unpaired) electrons. The van der Waals surface area contributed by atoms with Crippen LogP contribution in [-0.4, -0.2) is 9.61 Å². The van der Waals surface area contributed by atoms with Crippen LogP contribution in [0.3, 0.4) is 0 Å². The van der Waals surface area contributed by atoms with Crippen LogP contribution in [0.25, 0.3) is 27.3 Å². The first-order chi connectivity index (χ1) is 10.1. The summed E-state index contributed by atoms with van der Waals surface area (Å²) in [7, 11) is 0. The van der Waals surface area contributed by atoms with Crippen molar-refractivity contribution in [1.82, 2.24) is 9.61 Å². The first-order valence-corrected chi connectivity index (χ1v) is 7.27. The van der Waals surface area contributed by atoms with Crippen LogP contribution in [0.1, 0.15) is 26.3 Å². The van der Waals surface area contributed by atoms with Gasteiger partial charge in [0.2, 0.25) is 0 Å². The quantitative estimate of drug-likeness (QED) is 0.343. The Balaban J connectivity index is 0.00000144. The molecule has 0 aliphatic heterocycles. The van der Waals surface area contributed by atoms with Gasteiger partial charge in [-0.1, -0.05) is 39.0 Å². The maximum absolute atomic E-state index is 4.80. The van der Waals surface area contributed by atoms with E-state index in [0.29, 0.717) is 0 Å². The first kappa shape index (κ1) is 15.2. The molecule has 0 saturated heterocycles. The minimum Gasteiger partial charge on any atom is -0.256 e. The average Bonchev–Trinajstić information content (AvgIpc) is 2.85. The molecule has 0 N–H and O–H groups in total. The third-order valence-corrected chi connectivity index (χ3v) is 4.02. The SMILES string of the molecule is CC(C)(C)c1cc2ccc[c-]c2n2nc3ccccc3c12.[Ir]. The zero-order chi connectivity index (χ0) is 14.6. The summed E-state index contributed by atoms with van der Waals surface area (Å²) in [6.07, 6.45) is 0. The van der Waals surface area contributed by atoms with Crippen LogP contribution in [0.2, 0.25) is 0 Å². The van der Waals surface area contributed by atoms with Crippen molar-refractivity contribution in [2.45, 2.75) is 26.2 Å². The van der Waals surface area contributed by atoms with E-state index < -0.39 is 0 Å². The van der Waals surface area contributed by atoms with Crippen LogP contribution in [0.15, 0.2) is 48.5 Å². The Morgan fingerprint density at radius 3 is 2.59 bits per heavy atom. The Labute approximate surface area is 143 Å². The van der Waals surface area contributed by atoms with Gasteiger partial charge in [0.15, 0.2) is 0 Å². The fourth-order valence-corrected chi connectivity index (χ4v) is 2.99. The van der Waals surface area contributed by atoms with Crippen molar-refractivity contribution >= 4 is 27.3 Å². The zero-order valence-electron chi connectivity index (χ0n) is 12.8. The van der Waals surface area contributed by atoms with E-state index in [1.807, 2.05) is 18.2 Å². The topological polar surface area (TPSA) is 17.3 Å². The van der Waals surface area contributed by atoms with E-state index in [1.165, 1.54) is 21.9 Å². The van der Waals surface area contributed by atoms with Crippen LogP contribution >= 0.6 is 0 Å². The fourth-order valence-electron chi connectivity index (χ4n) is 2.99. The monoisotopic (exact) mass is 466 g/mol. The van der Waals surface area contributed by atoms with Crippen molar-refractivity contribution < 1.29 is 20.1 Å². The predicted octanol–water partition coefficient (Wildman–Crippen LogP) is 4.74. The van der Waals surface area contributed by atoms with E-state index in [1.54, 1.807) is 0 Å². The number of fused-ring (bicyclic) bond motifs is 5. The summed E-state index contributed by atoms with van der Waals surface area (Å²) < 4.78 is 2.06. The minimum atomic E-state index is 0. The molecule has 0 bridgehead atoms. The second-order valence-electron chi connectivity index (χ2n) is 6.56. The number of aromatic nitrogens is 2. The van der Waals surface area contributed by atoms with Gasteiger partial charge in [0, 0.05) is 25.5 Å². The van der Waals surface area contributed by atoms with E-state index in [2.05, 4.69) is 61.7 Å². The maximum Gasteiger partial charge on any atom is 0.0933 e. The number of hydrogen-bond acceptors (Lipinski definition) is 1. The first-order valence-electron chi connectivity index (χ1n) is 7.27. The zero-order valence-corrected chi connectivity index (χ0v) is 15.2. The molecule has 2 aromatic heterocycles. The molecule has 2 nitrogen and oxygen atoms in total. The summed E-state index contributed by atoms with van der Waals surface area (Å²) >= 11 is 0. The summed E-state index contributed by atoms with van der Waals surface area (Å²) in [5, 5.41) is 7.20. The van der Waals surface area contributed by atoms with Gasteiger partial charge in [-0.05, 0) is 22.6 Å². The number of rotatable bonds is 0. The fraction of sp³-hybridized carbons (Fsp3) is 0.211. The van der Waals surface area contributed by atoms with Gasteiger partial charge in [0.25, 0.3) is 0 Å². The third kappa shape index (κ3) is 2.16. The molecule has 2 heterocycles. The van der Waals surface area contributed by atoms with Crippen LogP contribution in [0, 0.1) is 6.07 Å². The molecule has 2 aromatic carbocycles. The van der Waals surface area contributed by atoms with Gasteiger partial charge in [-0.2, -0.15) is 29.4 Å². The Bertz CT molecular complexity index is 977. The smallest absolute Gasteiger partial charge is 0.0933 e. The molecule has 113 valence electrons. The van der Waals surface area contributed by atoms with Gasteiger partial charge in [-0.25, -0.2) is 0 Å². The standard InChI is InChI=1S/C19H17N2.Ir/c1-19(2,3)15-12-13-8-4-7-11-17(13)21-18(15)14-9-5-6-10-16(14)20-21;/h4-10,12H,1-3H3;/q-1;. The van der Waals surface area contributed by atoms with Crippen molar-refractivity contribution in [3.8, 4) is 0 Å². The summed E-state index contributed by atoms with van der Waals surface area (Å²) in [6, 6.07) is 20.1. The molecule has 0 aliphatic rings. The van der Waals surface area contributed by atoms with E-state index in [9.17, 15) is 0 Å². The molecule has 0 fully saturated rings. The average molecular weight is 466 g/mol. The van der Waals surface area contributed by atoms with Gasteiger partial charge >= 0.3 is 0 Å². The molecule has 0 spiro atoms. The van der Waals surface area contributed by atoms with E-state index >= 15 is 0 Å². The summed E-state index contributed by atoms with van der Waals surface area (Å²) in [5.41, 5.74) is 4.66. The van der Waals surface area contributed by atoms with Gasteiger partial charge in [-0.15, -0.1) is 11.5 Å².